The van der Waals surface area contributed by atoms with Gasteiger partial charge in [0.25, 0.3) is 11.1 Å². The van der Waals surface area contributed by atoms with Gasteiger partial charge in [-0.3, -0.25) is 19.3 Å². The van der Waals surface area contributed by atoms with Crippen molar-refractivity contribution >= 4 is 45.8 Å². The standard InChI is InChI=1S/C25H31N3O3S/c1-5-18-10-8-11-20-19(13-21-24(30)28(16(2)3)25(31)32-21)14-26(23(18)20)15-22(29)27-12-7-6-9-17(27)4/h8,10-11,13-14,16-17H,5-7,9,12,15H2,1-4H3/b21-13-/t17-/m0/s1. The summed E-state index contributed by atoms with van der Waals surface area (Å²) in [5.74, 6) is -0.118. The summed E-state index contributed by atoms with van der Waals surface area (Å²) in [6, 6.07) is 6.22. The molecule has 0 spiro atoms. The van der Waals surface area contributed by atoms with Gasteiger partial charge in [0.15, 0.2) is 0 Å². The highest BCUT2D eigenvalue weighted by atomic mass is 32.2. The highest BCUT2D eigenvalue weighted by Crippen LogP contribution is 2.36. The first-order valence-corrected chi connectivity index (χ1v) is 12.3. The molecule has 6 nitrogen and oxygen atoms in total. The molecule has 0 radical (unpaired) electrons. The molecule has 0 saturated carbocycles. The lowest BCUT2D eigenvalue weighted by Gasteiger charge is -2.33. The molecule has 0 bridgehead atoms. The SMILES string of the molecule is CCc1cccc2c(/C=C3\SC(=O)N(C(C)C)C3=O)cn(CC(=O)N3CCCC[C@@H]3C)c12. The van der Waals surface area contributed by atoms with E-state index < -0.39 is 0 Å². The summed E-state index contributed by atoms with van der Waals surface area (Å²) in [5.41, 5.74) is 3.06. The second-order valence-electron chi connectivity index (χ2n) is 8.96. The van der Waals surface area contributed by atoms with Gasteiger partial charge in [0, 0.05) is 35.8 Å². The van der Waals surface area contributed by atoms with E-state index in [0.29, 0.717) is 4.91 Å². The molecule has 2 aromatic rings. The number of amides is 3. The smallest absolute Gasteiger partial charge is 0.293 e. The Morgan fingerprint density at radius 3 is 2.69 bits per heavy atom. The van der Waals surface area contributed by atoms with Crippen molar-refractivity contribution in [3.05, 3.63) is 40.4 Å². The summed E-state index contributed by atoms with van der Waals surface area (Å²) in [6.45, 7) is 9.00. The number of para-hydroxylation sites is 1. The van der Waals surface area contributed by atoms with E-state index in [1.54, 1.807) is 6.08 Å². The molecule has 1 atom stereocenters. The van der Waals surface area contributed by atoms with E-state index in [4.69, 9.17) is 0 Å². The van der Waals surface area contributed by atoms with Crippen molar-refractivity contribution in [1.29, 1.82) is 0 Å². The third-order valence-corrected chi connectivity index (χ3v) is 7.33. The van der Waals surface area contributed by atoms with Gasteiger partial charge in [0.1, 0.15) is 6.54 Å². The molecule has 1 aromatic carbocycles. The van der Waals surface area contributed by atoms with Crippen molar-refractivity contribution in [3.8, 4) is 0 Å². The molecule has 2 fully saturated rings. The average molecular weight is 454 g/mol. The number of nitrogens with zero attached hydrogens (tertiary/aromatic N) is 3. The third-order valence-electron chi connectivity index (χ3n) is 6.45. The van der Waals surface area contributed by atoms with Crippen LogP contribution in [-0.2, 0) is 22.6 Å². The molecular formula is C25H31N3O3S. The van der Waals surface area contributed by atoms with E-state index in [1.165, 1.54) is 11.3 Å². The maximum absolute atomic E-state index is 13.2. The van der Waals surface area contributed by atoms with Crippen molar-refractivity contribution in [2.75, 3.05) is 6.54 Å². The van der Waals surface area contributed by atoms with Gasteiger partial charge in [-0.05, 0) is 69.9 Å². The number of fused-ring (bicyclic) bond motifs is 1. The number of aryl methyl sites for hydroxylation is 1. The Labute approximate surface area is 193 Å². The molecule has 1 aromatic heterocycles. The Morgan fingerprint density at radius 1 is 1.25 bits per heavy atom. The van der Waals surface area contributed by atoms with Crippen LogP contribution in [0.2, 0.25) is 0 Å². The minimum atomic E-state index is -0.249. The average Bonchev–Trinajstić information content (AvgIpc) is 3.24. The van der Waals surface area contributed by atoms with Crippen LogP contribution in [0.5, 0.6) is 0 Å². The van der Waals surface area contributed by atoms with E-state index in [9.17, 15) is 14.4 Å². The van der Waals surface area contributed by atoms with Crippen molar-refractivity contribution in [2.45, 2.75) is 72.0 Å². The molecule has 3 amide bonds. The van der Waals surface area contributed by atoms with Gasteiger partial charge in [-0.2, -0.15) is 0 Å². The Morgan fingerprint density at radius 2 is 2.03 bits per heavy atom. The number of aromatic nitrogens is 1. The van der Waals surface area contributed by atoms with E-state index in [1.807, 2.05) is 41.6 Å². The Balaban J connectivity index is 1.73. The fourth-order valence-electron chi connectivity index (χ4n) is 4.76. The first-order chi connectivity index (χ1) is 15.3. The normalized spacial score (nSPS) is 20.9. The Kier molecular flexibility index (Phi) is 6.47. The highest BCUT2D eigenvalue weighted by molar-refractivity contribution is 8.18. The molecule has 3 heterocycles. The monoisotopic (exact) mass is 453 g/mol. The number of imide groups is 1. The molecule has 7 heteroatoms. The fourth-order valence-corrected chi connectivity index (χ4v) is 5.71. The predicted octanol–water partition coefficient (Wildman–Crippen LogP) is 5.05. The predicted molar refractivity (Wildman–Crippen MR) is 129 cm³/mol. The van der Waals surface area contributed by atoms with Crippen LogP contribution >= 0.6 is 11.8 Å². The van der Waals surface area contributed by atoms with Crippen LogP contribution in [0.25, 0.3) is 17.0 Å². The zero-order valence-electron chi connectivity index (χ0n) is 19.3. The summed E-state index contributed by atoms with van der Waals surface area (Å²) in [5, 5.41) is 0.767. The second-order valence-corrected chi connectivity index (χ2v) is 9.95. The lowest BCUT2D eigenvalue weighted by atomic mass is 10.0. The topological polar surface area (TPSA) is 62.6 Å². The number of thioether (sulfide) groups is 1. The van der Waals surface area contributed by atoms with E-state index in [0.717, 1.165) is 59.6 Å². The first-order valence-electron chi connectivity index (χ1n) is 11.5. The summed E-state index contributed by atoms with van der Waals surface area (Å²) in [6.07, 6.45) is 7.89. The van der Waals surface area contributed by atoms with Crippen LogP contribution in [0.4, 0.5) is 4.79 Å². The number of carbonyl (C=O) groups excluding carboxylic acids is 3. The van der Waals surface area contributed by atoms with Gasteiger partial charge in [0.05, 0.1) is 10.4 Å². The van der Waals surface area contributed by atoms with Gasteiger partial charge < -0.3 is 9.47 Å². The zero-order valence-corrected chi connectivity index (χ0v) is 20.1. The fraction of sp³-hybridized carbons (Fsp3) is 0.480. The molecule has 0 N–H and O–H groups in total. The number of likely N-dealkylation sites (tertiary alicyclic amines) is 1. The van der Waals surface area contributed by atoms with Gasteiger partial charge in [0.2, 0.25) is 5.91 Å². The van der Waals surface area contributed by atoms with Crippen molar-refractivity contribution in [3.63, 3.8) is 0 Å². The van der Waals surface area contributed by atoms with Gasteiger partial charge in [-0.15, -0.1) is 0 Å². The van der Waals surface area contributed by atoms with E-state index >= 15 is 0 Å². The number of hydrogen-bond donors (Lipinski definition) is 0. The van der Waals surface area contributed by atoms with Crippen LogP contribution in [0.1, 0.15) is 58.1 Å². The minimum Gasteiger partial charge on any atom is -0.338 e. The summed E-state index contributed by atoms with van der Waals surface area (Å²) >= 11 is 0.984. The van der Waals surface area contributed by atoms with Crippen LogP contribution in [-0.4, -0.2) is 50.0 Å². The summed E-state index contributed by atoms with van der Waals surface area (Å²) < 4.78 is 2.02. The molecule has 0 aliphatic carbocycles. The van der Waals surface area contributed by atoms with E-state index in [-0.39, 0.29) is 35.7 Å². The molecule has 2 aliphatic rings. The maximum atomic E-state index is 13.2. The summed E-state index contributed by atoms with van der Waals surface area (Å²) in [4.78, 5) is 42.0. The first kappa shape index (κ1) is 22.6. The minimum absolute atomic E-state index is 0.131. The van der Waals surface area contributed by atoms with Gasteiger partial charge >= 0.3 is 0 Å². The largest absolute Gasteiger partial charge is 0.338 e. The summed E-state index contributed by atoms with van der Waals surface area (Å²) in [7, 11) is 0. The van der Waals surface area contributed by atoms with E-state index in [2.05, 4.69) is 19.9 Å². The highest BCUT2D eigenvalue weighted by Gasteiger charge is 2.37. The lowest BCUT2D eigenvalue weighted by molar-refractivity contribution is -0.135. The lowest BCUT2D eigenvalue weighted by Crippen LogP contribution is -2.43. The van der Waals surface area contributed by atoms with Crippen LogP contribution in [0, 0.1) is 0 Å². The number of hydrogen-bond acceptors (Lipinski definition) is 4. The quantitative estimate of drug-likeness (QED) is 0.595. The second kappa shape index (κ2) is 9.14. The molecule has 4 rings (SSSR count). The van der Waals surface area contributed by atoms with Crippen molar-refractivity contribution < 1.29 is 14.4 Å². The van der Waals surface area contributed by atoms with Gasteiger partial charge in [-0.25, -0.2) is 0 Å². The van der Waals surface area contributed by atoms with Crippen molar-refractivity contribution in [2.24, 2.45) is 0 Å². The number of carbonyl (C=O) groups is 3. The molecular weight excluding hydrogens is 422 g/mol. The third kappa shape index (κ3) is 4.10. The van der Waals surface area contributed by atoms with Gasteiger partial charge in [-0.1, -0.05) is 25.1 Å². The van der Waals surface area contributed by atoms with Crippen LogP contribution < -0.4 is 0 Å². The Bertz CT molecular complexity index is 1100. The number of benzene rings is 1. The molecule has 2 aliphatic heterocycles. The molecule has 170 valence electrons. The molecule has 2 saturated heterocycles. The molecule has 0 unspecified atom stereocenters. The maximum Gasteiger partial charge on any atom is 0.293 e. The Hall–Kier alpha value is -2.54. The van der Waals surface area contributed by atoms with Crippen molar-refractivity contribution in [1.82, 2.24) is 14.4 Å². The van der Waals surface area contributed by atoms with Crippen LogP contribution in [0.3, 0.4) is 0 Å². The number of piperidine rings is 1. The molecule has 32 heavy (non-hydrogen) atoms. The number of rotatable bonds is 5. The zero-order chi connectivity index (χ0) is 23.0. The van der Waals surface area contributed by atoms with Crippen LogP contribution in [0.15, 0.2) is 29.3 Å².